The number of hydrogen-bond acceptors (Lipinski definition) is 0. The highest BCUT2D eigenvalue weighted by molar-refractivity contribution is 5.83. The summed E-state index contributed by atoms with van der Waals surface area (Å²) in [5.41, 5.74) is 1.09. The molecule has 0 radical (unpaired) electrons. The normalized spacial score (nSPS) is 10.5. The average molecular weight is 160 g/mol. The molecule has 0 fully saturated rings. The SMILES string of the molecule is Cc1ccc2cccc(F)c2c1. The van der Waals surface area contributed by atoms with Crippen molar-refractivity contribution in [2.75, 3.05) is 0 Å². The van der Waals surface area contributed by atoms with Gasteiger partial charge in [0.1, 0.15) is 5.82 Å². The van der Waals surface area contributed by atoms with Gasteiger partial charge in [0, 0.05) is 5.39 Å². The summed E-state index contributed by atoms with van der Waals surface area (Å²) in [4.78, 5) is 0. The van der Waals surface area contributed by atoms with E-state index in [2.05, 4.69) is 0 Å². The fourth-order valence-corrected chi connectivity index (χ4v) is 1.35. The maximum absolute atomic E-state index is 13.2. The molecule has 0 spiro atoms. The molecule has 0 aromatic heterocycles. The highest BCUT2D eigenvalue weighted by Crippen LogP contribution is 2.18. The van der Waals surface area contributed by atoms with E-state index in [1.807, 2.05) is 31.2 Å². The predicted molar refractivity (Wildman–Crippen MR) is 48.6 cm³/mol. The maximum Gasteiger partial charge on any atom is 0.131 e. The van der Waals surface area contributed by atoms with Crippen molar-refractivity contribution < 1.29 is 4.39 Å². The van der Waals surface area contributed by atoms with E-state index in [1.165, 1.54) is 6.07 Å². The molecule has 0 bridgehead atoms. The Balaban J connectivity index is 2.88. The minimum absolute atomic E-state index is 0.142. The fourth-order valence-electron chi connectivity index (χ4n) is 1.35. The summed E-state index contributed by atoms with van der Waals surface area (Å²) in [6, 6.07) is 10.9. The summed E-state index contributed by atoms with van der Waals surface area (Å²) >= 11 is 0. The number of aryl methyl sites for hydroxylation is 1. The Labute approximate surface area is 70.6 Å². The van der Waals surface area contributed by atoms with Crippen LogP contribution in [0.15, 0.2) is 36.4 Å². The lowest BCUT2D eigenvalue weighted by Gasteiger charge is -1.99. The van der Waals surface area contributed by atoms with Crippen LogP contribution in [0.1, 0.15) is 5.56 Å². The monoisotopic (exact) mass is 160 g/mol. The van der Waals surface area contributed by atoms with Gasteiger partial charge in [0.05, 0.1) is 0 Å². The molecule has 0 heterocycles. The second-order valence-electron chi connectivity index (χ2n) is 2.96. The molecule has 0 aliphatic rings. The Morgan fingerprint density at radius 1 is 1.08 bits per heavy atom. The van der Waals surface area contributed by atoms with Gasteiger partial charge in [-0.1, -0.05) is 29.8 Å². The van der Waals surface area contributed by atoms with Crippen molar-refractivity contribution >= 4 is 10.8 Å². The van der Waals surface area contributed by atoms with Crippen molar-refractivity contribution in [3.8, 4) is 0 Å². The maximum atomic E-state index is 13.2. The zero-order valence-electron chi connectivity index (χ0n) is 6.84. The van der Waals surface area contributed by atoms with E-state index in [1.54, 1.807) is 6.07 Å². The number of hydrogen-bond donors (Lipinski definition) is 0. The summed E-state index contributed by atoms with van der Waals surface area (Å²) in [5.74, 6) is -0.142. The zero-order chi connectivity index (χ0) is 8.55. The van der Waals surface area contributed by atoms with Gasteiger partial charge in [-0.15, -0.1) is 0 Å². The molecule has 0 nitrogen and oxygen atoms in total. The molecule has 1 heteroatoms. The summed E-state index contributed by atoms with van der Waals surface area (Å²) in [5, 5.41) is 1.66. The van der Waals surface area contributed by atoms with Gasteiger partial charge < -0.3 is 0 Å². The molecule has 60 valence electrons. The van der Waals surface area contributed by atoms with E-state index in [0.29, 0.717) is 5.39 Å². The third-order valence-corrected chi connectivity index (χ3v) is 1.98. The average Bonchev–Trinajstić information content (AvgIpc) is 2.07. The van der Waals surface area contributed by atoms with Crippen LogP contribution in [0.4, 0.5) is 4.39 Å². The summed E-state index contributed by atoms with van der Waals surface area (Å²) < 4.78 is 13.2. The molecule has 0 saturated carbocycles. The molecule has 0 N–H and O–H groups in total. The van der Waals surface area contributed by atoms with Gasteiger partial charge >= 0.3 is 0 Å². The molecule has 0 atom stereocenters. The first-order valence-electron chi connectivity index (χ1n) is 3.92. The van der Waals surface area contributed by atoms with Crippen LogP contribution in [-0.4, -0.2) is 0 Å². The topological polar surface area (TPSA) is 0 Å². The summed E-state index contributed by atoms with van der Waals surface area (Å²) in [7, 11) is 0. The molecule has 0 amide bonds. The first-order valence-corrected chi connectivity index (χ1v) is 3.92. The lowest BCUT2D eigenvalue weighted by Crippen LogP contribution is -1.79. The van der Waals surface area contributed by atoms with Crippen molar-refractivity contribution in [1.82, 2.24) is 0 Å². The van der Waals surface area contributed by atoms with E-state index in [9.17, 15) is 4.39 Å². The van der Waals surface area contributed by atoms with Gasteiger partial charge in [0.15, 0.2) is 0 Å². The molecular formula is C11H9F. The molecule has 2 rings (SSSR count). The van der Waals surface area contributed by atoms with Crippen molar-refractivity contribution in [1.29, 1.82) is 0 Å². The Morgan fingerprint density at radius 2 is 1.92 bits per heavy atom. The molecule has 0 aliphatic carbocycles. The van der Waals surface area contributed by atoms with Crippen molar-refractivity contribution in [2.45, 2.75) is 6.92 Å². The highest BCUT2D eigenvalue weighted by Gasteiger charge is 1.98. The first-order chi connectivity index (χ1) is 5.77. The van der Waals surface area contributed by atoms with E-state index < -0.39 is 0 Å². The van der Waals surface area contributed by atoms with Crippen molar-refractivity contribution in [3.63, 3.8) is 0 Å². The second-order valence-corrected chi connectivity index (χ2v) is 2.96. The summed E-state index contributed by atoms with van der Waals surface area (Å²) in [6.45, 7) is 1.96. The molecule has 2 aromatic carbocycles. The highest BCUT2D eigenvalue weighted by atomic mass is 19.1. The largest absolute Gasteiger partial charge is 0.206 e. The Morgan fingerprint density at radius 3 is 2.75 bits per heavy atom. The van der Waals surface area contributed by atoms with E-state index in [0.717, 1.165) is 10.9 Å². The fraction of sp³-hybridized carbons (Fsp3) is 0.0909. The van der Waals surface area contributed by atoms with Crippen LogP contribution < -0.4 is 0 Å². The predicted octanol–water partition coefficient (Wildman–Crippen LogP) is 3.29. The minimum Gasteiger partial charge on any atom is -0.206 e. The Kier molecular flexibility index (Phi) is 1.58. The number of halogens is 1. The van der Waals surface area contributed by atoms with Gasteiger partial charge in [-0.2, -0.15) is 0 Å². The smallest absolute Gasteiger partial charge is 0.131 e. The lowest BCUT2D eigenvalue weighted by molar-refractivity contribution is 0.640. The number of rotatable bonds is 0. The third kappa shape index (κ3) is 1.07. The quantitative estimate of drug-likeness (QED) is 0.554. The van der Waals surface area contributed by atoms with Crippen LogP contribution >= 0.6 is 0 Å². The van der Waals surface area contributed by atoms with E-state index in [4.69, 9.17) is 0 Å². The lowest BCUT2D eigenvalue weighted by atomic mass is 10.1. The molecule has 0 saturated heterocycles. The molecule has 2 aromatic rings. The van der Waals surface area contributed by atoms with Crippen LogP contribution in [0.5, 0.6) is 0 Å². The Bertz CT molecular complexity index is 418. The van der Waals surface area contributed by atoms with E-state index in [-0.39, 0.29) is 5.82 Å². The van der Waals surface area contributed by atoms with Crippen molar-refractivity contribution in [2.24, 2.45) is 0 Å². The third-order valence-electron chi connectivity index (χ3n) is 1.98. The molecular weight excluding hydrogens is 151 g/mol. The minimum atomic E-state index is -0.142. The van der Waals surface area contributed by atoms with Gasteiger partial charge in [0.25, 0.3) is 0 Å². The second kappa shape index (κ2) is 2.59. The van der Waals surface area contributed by atoms with E-state index >= 15 is 0 Å². The number of fused-ring (bicyclic) bond motifs is 1. The van der Waals surface area contributed by atoms with Crippen LogP contribution in [0.3, 0.4) is 0 Å². The van der Waals surface area contributed by atoms with Crippen molar-refractivity contribution in [3.05, 3.63) is 47.8 Å². The standard InChI is InChI=1S/C11H9F/c1-8-5-6-9-3-2-4-11(12)10(9)7-8/h2-7H,1H3. The molecule has 0 aliphatic heterocycles. The van der Waals surface area contributed by atoms with Crippen LogP contribution in [0.25, 0.3) is 10.8 Å². The first kappa shape index (κ1) is 7.29. The van der Waals surface area contributed by atoms with Crippen LogP contribution in [0.2, 0.25) is 0 Å². The Hall–Kier alpha value is -1.37. The summed E-state index contributed by atoms with van der Waals surface area (Å²) in [6.07, 6.45) is 0. The van der Waals surface area contributed by atoms with Crippen LogP contribution in [-0.2, 0) is 0 Å². The van der Waals surface area contributed by atoms with Gasteiger partial charge in [-0.3, -0.25) is 0 Å². The van der Waals surface area contributed by atoms with Crippen LogP contribution in [0, 0.1) is 12.7 Å². The zero-order valence-corrected chi connectivity index (χ0v) is 6.84. The molecule has 0 unspecified atom stereocenters. The number of benzene rings is 2. The molecule has 12 heavy (non-hydrogen) atoms. The van der Waals surface area contributed by atoms with Gasteiger partial charge in [-0.25, -0.2) is 4.39 Å². The van der Waals surface area contributed by atoms with Gasteiger partial charge in [-0.05, 0) is 24.4 Å². The van der Waals surface area contributed by atoms with Gasteiger partial charge in [0.2, 0.25) is 0 Å².